The molecule has 0 aliphatic heterocycles. The minimum atomic E-state index is -3.31. The highest BCUT2D eigenvalue weighted by Crippen LogP contribution is 2.11. The summed E-state index contributed by atoms with van der Waals surface area (Å²) in [6.45, 7) is 5.43. The second-order valence-electron chi connectivity index (χ2n) is 4.86. The van der Waals surface area contributed by atoms with Crippen LogP contribution in [0, 0.1) is 0 Å². The van der Waals surface area contributed by atoms with E-state index in [0.29, 0.717) is 11.3 Å². The van der Waals surface area contributed by atoms with Gasteiger partial charge in [0, 0.05) is 11.2 Å². The molecule has 0 saturated heterocycles. The van der Waals surface area contributed by atoms with E-state index in [4.69, 9.17) is 5.73 Å². The summed E-state index contributed by atoms with van der Waals surface area (Å²) in [5.74, 6) is -0.0463. The first-order valence-electron chi connectivity index (χ1n) is 5.04. The fraction of sp³-hybridized carbons (Fsp3) is 0.455. The van der Waals surface area contributed by atoms with Crippen molar-refractivity contribution < 1.29 is 8.42 Å². The van der Waals surface area contributed by atoms with Gasteiger partial charge >= 0.3 is 0 Å². The van der Waals surface area contributed by atoms with Gasteiger partial charge in [-0.2, -0.15) is 0 Å². The topological polar surface area (TPSA) is 72.2 Å². The molecule has 0 aliphatic carbocycles. The third-order valence-corrected chi connectivity index (χ3v) is 3.41. The molecule has 90 valence electrons. The van der Waals surface area contributed by atoms with Gasteiger partial charge in [0.1, 0.15) is 0 Å². The van der Waals surface area contributed by atoms with Crippen molar-refractivity contribution >= 4 is 15.7 Å². The molecule has 0 aliphatic rings. The Morgan fingerprint density at radius 2 is 1.94 bits per heavy atom. The number of nitrogens with two attached hydrogens (primary N) is 1. The normalized spacial score (nSPS) is 12.7. The molecule has 16 heavy (non-hydrogen) atoms. The molecule has 4 nitrogen and oxygen atoms in total. The molecule has 0 radical (unpaired) electrons. The quantitative estimate of drug-likeness (QED) is 0.789. The first-order valence-corrected chi connectivity index (χ1v) is 6.69. The Kier molecular flexibility index (Phi) is 3.60. The summed E-state index contributed by atoms with van der Waals surface area (Å²) < 4.78 is 26.1. The lowest BCUT2D eigenvalue weighted by molar-refractivity contribution is 0.491. The Labute approximate surface area is 96.9 Å². The van der Waals surface area contributed by atoms with E-state index in [2.05, 4.69) is 4.72 Å². The van der Waals surface area contributed by atoms with E-state index in [9.17, 15) is 8.42 Å². The van der Waals surface area contributed by atoms with Crippen LogP contribution in [0.1, 0.15) is 26.3 Å². The lowest BCUT2D eigenvalue weighted by Gasteiger charge is -2.20. The average Bonchev–Trinajstić information content (AvgIpc) is 1.96. The maximum Gasteiger partial charge on any atom is 0.216 e. The highest BCUT2D eigenvalue weighted by Gasteiger charge is 2.20. The van der Waals surface area contributed by atoms with Crippen LogP contribution in [-0.4, -0.2) is 14.0 Å². The SMILES string of the molecule is CC(C)(C)NS(=O)(=O)Cc1cccc(N)c1. The highest BCUT2D eigenvalue weighted by atomic mass is 32.2. The van der Waals surface area contributed by atoms with E-state index in [0.717, 1.165) is 0 Å². The first kappa shape index (κ1) is 13.0. The highest BCUT2D eigenvalue weighted by molar-refractivity contribution is 7.88. The standard InChI is InChI=1S/C11H18N2O2S/c1-11(2,3)13-16(14,15)8-9-5-4-6-10(12)7-9/h4-7,13H,8,12H2,1-3H3. The van der Waals surface area contributed by atoms with Crippen LogP contribution in [-0.2, 0) is 15.8 Å². The van der Waals surface area contributed by atoms with Gasteiger partial charge in [-0.15, -0.1) is 0 Å². The van der Waals surface area contributed by atoms with Crippen LogP contribution in [0.5, 0.6) is 0 Å². The predicted octanol–water partition coefficient (Wildman–Crippen LogP) is 1.49. The van der Waals surface area contributed by atoms with Crippen molar-refractivity contribution in [3.05, 3.63) is 29.8 Å². The van der Waals surface area contributed by atoms with Crippen LogP contribution in [0.4, 0.5) is 5.69 Å². The van der Waals surface area contributed by atoms with Crippen molar-refractivity contribution in [3.63, 3.8) is 0 Å². The maximum atomic E-state index is 11.8. The Bertz CT molecular complexity index is 461. The second-order valence-corrected chi connectivity index (χ2v) is 6.58. The Balaban J connectivity index is 2.81. The van der Waals surface area contributed by atoms with Crippen LogP contribution in [0.15, 0.2) is 24.3 Å². The summed E-state index contributed by atoms with van der Waals surface area (Å²) in [5, 5.41) is 0. The van der Waals surface area contributed by atoms with Crippen molar-refractivity contribution in [2.24, 2.45) is 0 Å². The first-order chi connectivity index (χ1) is 7.18. The van der Waals surface area contributed by atoms with Crippen LogP contribution < -0.4 is 10.5 Å². The number of benzene rings is 1. The molecular weight excluding hydrogens is 224 g/mol. The molecule has 0 unspecified atom stereocenters. The van der Waals surface area contributed by atoms with E-state index in [1.807, 2.05) is 20.8 Å². The van der Waals surface area contributed by atoms with Gasteiger partial charge in [-0.25, -0.2) is 13.1 Å². The fourth-order valence-corrected chi connectivity index (χ4v) is 3.03. The molecule has 1 aromatic rings. The van der Waals surface area contributed by atoms with Crippen LogP contribution >= 0.6 is 0 Å². The van der Waals surface area contributed by atoms with Gasteiger partial charge < -0.3 is 5.73 Å². The van der Waals surface area contributed by atoms with E-state index < -0.39 is 15.6 Å². The average molecular weight is 242 g/mol. The van der Waals surface area contributed by atoms with Crippen LogP contribution in [0.3, 0.4) is 0 Å². The summed E-state index contributed by atoms with van der Waals surface area (Å²) in [6, 6.07) is 6.89. The monoisotopic (exact) mass is 242 g/mol. The zero-order valence-corrected chi connectivity index (χ0v) is 10.6. The van der Waals surface area contributed by atoms with Gasteiger partial charge in [-0.05, 0) is 38.5 Å². The second kappa shape index (κ2) is 4.43. The Morgan fingerprint density at radius 3 is 2.44 bits per heavy atom. The van der Waals surface area contributed by atoms with Crippen molar-refractivity contribution in [2.45, 2.75) is 32.1 Å². The minimum absolute atomic E-state index is 0.0463. The molecule has 5 heteroatoms. The van der Waals surface area contributed by atoms with Crippen molar-refractivity contribution in [3.8, 4) is 0 Å². The van der Waals surface area contributed by atoms with Crippen molar-refractivity contribution in [2.75, 3.05) is 5.73 Å². The molecule has 1 rings (SSSR count). The third kappa shape index (κ3) is 4.63. The van der Waals surface area contributed by atoms with Gasteiger partial charge in [-0.1, -0.05) is 12.1 Å². The van der Waals surface area contributed by atoms with Gasteiger partial charge in [-0.3, -0.25) is 0 Å². The van der Waals surface area contributed by atoms with E-state index >= 15 is 0 Å². The van der Waals surface area contributed by atoms with Gasteiger partial charge in [0.25, 0.3) is 0 Å². The largest absolute Gasteiger partial charge is 0.399 e. The molecule has 0 spiro atoms. The lowest BCUT2D eigenvalue weighted by Crippen LogP contribution is -2.41. The van der Waals surface area contributed by atoms with Crippen LogP contribution in [0.25, 0.3) is 0 Å². The van der Waals surface area contributed by atoms with Crippen molar-refractivity contribution in [1.29, 1.82) is 0 Å². The summed E-state index contributed by atoms with van der Waals surface area (Å²) in [4.78, 5) is 0. The smallest absolute Gasteiger partial charge is 0.216 e. The third-order valence-electron chi connectivity index (χ3n) is 1.77. The molecule has 3 N–H and O–H groups in total. The number of nitrogen functional groups attached to an aromatic ring is 1. The number of nitrogens with one attached hydrogen (secondary N) is 1. The number of hydrogen-bond donors (Lipinski definition) is 2. The molecule has 0 heterocycles. The number of anilines is 1. The van der Waals surface area contributed by atoms with Gasteiger partial charge in [0.15, 0.2) is 0 Å². The fourth-order valence-electron chi connectivity index (χ4n) is 1.40. The summed E-state index contributed by atoms with van der Waals surface area (Å²) in [7, 11) is -3.31. The number of hydrogen-bond acceptors (Lipinski definition) is 3. The zero-order valence-electron chi connectivity index (χ0n) is 9.82. The van der Waals surface area contributed by atoms with Gasteiger partial charge in [0.2, 0.25) is 10.0 Å². The maximum absolute atomic E-state index is 11.8. The molecule has 0 fully saturated rings. The van der Waals surface area contributed by atoms with Crippen molar-refractivity contribution in [1.82, 2.24) is 4.72 Å². The van der Waals surface area contributed by atoms with Crippen LogP contribution in [0.2, 0.25) is 0 Å². The summed E-state index contributed by atoms with van der Waals surface area (Å²) in [6.07, 6.45) is 0. The molecule has 0 aromatic heterocycles. The van der Waals surface area contributed by atoms with E-state index in [-0.39, 0.29) is 5.75 Å². The Hall–Kier alpha value is -1.07. The zero-order chi connectivity index (χ0) is 12.4. The Morgan fingerprint density at radius 1 is 1.31 bits per heavy atom. The summed E-state index contributed by atoms with van der Waals surface area (Å²) >= 11 is 0. The van der Waals surface area contributed by atoms with E-state index in [1.165, 1.54) is 0 Å². The molecule has 0 atom stereocenters. The molecule has 0 amide bonds. The van der Waals surface area contributed by atoms with E-state index in [1.54, 1.807) is 24.3 Å². The lowest BCUT2D eigenvalue weighted by atomic mass is 10.1. The molecular formula is C11H18N2O2S. The minimum Gasteiger partial charge on any atom is -0.399 e. The summed E-state index contributed by atoms with van der Waals surface area (Å²) in [5.41, 5.74) is 6.39. The van der Waals surface area contributed by atoms with Gasteiger partial charge in [0.05, 0.1) is 5.75 Å². The number of rotatable bonds is 3. The number of sulfonamides is 1. The molecule has 0 saturated carbocycles. The molecule has 1 aromatic carbocycles. The predicted molar refractivity (Wildman–Crippen MR) is 66.4 cm³/mol. The molecule has 0 bridgehead atoms.